The van der Waals surface area contributed by atoms with Crippen LogP contribution >= 0.6 is 11.8 Å². The van der Waals surface area contributed by atoms with Crippen LogP contribution in [0.15, 0.2) is 64.5 Å². The van der Waals surface area contributed by atoms with Crippen LogP contribution in [-0.2, 0) is 7.05 Å². The van der Waals surface area contributed by atoms with Crippen LogP contribution in [0.3, 0.4) is 0 Å². The van der Waals surface area contributed by atoms with E-state index >= 15 is 0 Å². The first-order valence-electron chi connectivity index (χ1n) is 7.12. The zero-order valence-corrected chi connectivity index (χ0v) is 13.7. The van der Waals surface area contributed by atoms with E-state index in [1.165, 1.54) is 11.8 Å². The molecule has 0 unspecified atom stereocenters. The lowest BCUT2D eigenvalue weighted by Gasteiger charge is -2.04. The molecule has 0 N–H and O–H groups in total. The Balaban J connectivity index is 1.99. The van der Waals surface area contributed by atoms with Crippen LogP contribution in [0.4, 0.5) is 0 Å². The van der Waals surface area contributed by atoms with E-state index in [0.29, 0.717) is 11.3 Å². The second-order valence-electron chi connectivity index (χ2n) is 4.95. The van der Waals surface area contributed by atoms with Crippen molar-refractivity contribution in [2.45, 2.75) is 9.92 Å². The van der Waals surface area contributed by atoms with Gasteiger partial charge in [-0.15, -0.1) is 0 Å². The second-order valence-corrected chi connectivity index (χ2v) is 6.01. The van der Waals surface area contributed by atoms with Gasteiger partial charge in [-0.2, -0.15) is 5.10 Å². The van der Waals surface area contributed by atoms with E-state index in [0.717, 1.165) is 27.5 Å². The van der Waals surface area contributed by atoms with Crippen LogP contribution in [0, 0.1) is 0 Å². The third-order valence-electron chi connectivity index (χ3n) is 3.47. The molecular weight excluding hydrogens is 308 g/mol. The minimum Gasteiger partial charge on any atom is -0.497 e. The number of carbonyl (C=O) groups excluding carboxylic acids is 1. The normalized spacial score (nSPS) is 10.5. The average Bonchev–Trinajstić information content (AvgIpc) is 2.92. The number of aryl methyl sites for hydroxylation is 1. The van der Waals surface area contributed by atoms with Crippen molar-refractivity contribution >= 4 is 18.0 Å². The van der Waals surface area contributed by atoms with Crippen molar-refractivity contribution in [3.8, 4) is 17.0 Å². The van der Waals surface area contributed by atoms with Crippen LogP contribution in [0.2, 0.25) is 0 Å². The quantitative estimate of drug-likeness (QED) is 0.664. The van der Waals surface area contributed by atoms with Gasteiger partial charge in [0.1, 0.15) is 16.5 Å². The third kappa shape index (κ3) is 3.14. The molecule has 0 fully saturated rings. The molecule has 0 saturated heterocycles. The van der Waals surface area contributed by atoms with Gasteiger partial charge < -0.3 is 4.74 Å². The van der Waals surface area contributed by atoms with E-state index in [1.54, 1.807) is 11.8 Å². The number of nitrogens with zero attached hydrogens (tertiary/aromatic N) is 2. The highest BCUT2D eigenvalue weighted by Gasteiger charge is 2.18. The summed E-state index contributed by atoms with van der Waals surface area (Å²) in [6, 6.07) is 17.5. The maximum absolute atomic E-state index is 11.6. The van der Waals surface area contributed by atoms with Crippen molar-refractivity contribution in [1.82, 2.24) is 9.78 Å². The lowest BCUT2D eigenvalue weighted by molar-refractivity contribution is 0.112. The highest BCUT2D eigenvalue weighted by Crippen LogP contribution is 2.35. The molecule has 0 saturated carbocycles. The largest absolute Gasteiger partial charge is 0.497 e. The summed E-state index contributed by atoms with van der Waals surface area (Å²) in [5.41, 5.74) is 2.26. The van der Waals surface area contributed by atoms with Crippen LogP contribution in [0.25, 0.3) is 11.3 Å². The highest BCUT2D eigenvalue weighted by atomic mass is 32.2. The number of ether oxygens (including phenoxy) is 1. The molecule has 5 heteroatoms. The van der Waals surface area contributed by atoms with Crippen molar-refractivity contribution in [1.29, 1.82) is 0 Å². The molecule has 116 valence electrons. The molecule has 0 atom stereocenters. The van der Waals surface area contributed by atoms with Gasteiger partial charge in [0.15, 0.2) is 6.29 Å². The summed E-state index contributed by atoms with van der Waals surface area (Å²) in [5, 5.41) is 5.34. The number of hydrogen-bond donors (Lipinski definition) is 0. The second kappa shape index (κ2) is 6.71. The van der Waals surface area contributed by atoms with Gasteiger partial charge in [0.2, 0.25) is 0 Å². The summed E-state index contributed by atoms with van der Waals surface area (Å²) in [7, 11) is 3.49. The molecule has 0 aliphatic heterocycles. The summed E-state index contributed by atoms with van der Waals surface area (Å²) >= 11 is 1.51. The Kier molecular flexibility index (Phi) is 4.48. The van der Waals surface area contributed by atoms with E-state index in [9.17, 15) is 4.79 Å². The fourth-order valence-corrected chi connectivity index (χ4v) is 3.24. The fourth-order valence-electron chi connectivity index (χ4n) is 2.32. The van der Waals surface area contributed by atoms with Crippen molar-refractivity contribution in [3.63, 3.8) is 0 Å². The van der Waals surface area contributed by atoms with Crippen LogP contribution in [0.1, 0.15) is 10.4 Å². The number of aldehydes is 1. The zero-order valence-electron chi connectivity index (χ0n) is 12.9. The molecule has 1 aromatic heterocycles. The smallest absolute Gasteiger partial charge is 0.155 e. The van der Waals surface area contributed by atoms with E-state index in [4.69, 9.17) is 4.74 Å². The highest BCUT2D eigenvalue weighted by molar-refractivity contribution is 7.99. The molecule has 23 heavy (non-hydrogen) atoms. The van der Waals surface area contributed by atoms with Crippen molar-refractivity contribution in [2.75, 3.05) is 7.11 Å². The van der Waals surface area contributed by atoms with Gasteiger partial charge in [0.05, 0.1) is 12.7 Å². The van der Waals surface area contributed by atoms with Gasteiger partial charge in [-0.3, -0.25) is 9.48 Å². The Morgan fingerprint density at radius 2 is 1.78 bits per heavy atom. The number of benzene rings is 2. The first-order valence-corrected chi connectivity index (χ1v) is 7.94. The van der Waals surface area contributed by atoms with Gasteiger partial charge in [-0.1, -0.05) is 42.1 Å². The molecule has 0 amide bonds. The third-order valence-corrected chi connectivity index (χ3v) is 4.65. The van der Waals surface area contributed by atoms with Crippen LogP contribution in [0.5, 0.6) is 5.75 Å². The van der Waals surface area contributed by atoms with Gasteiger partial charge in [0.25, 0.3) is 0 Å². The fraction of sp³-hybridized carbons (Fsp3) is 0.111. The molecule has 2 aromatic carbocycles. The van der Waals surface area contributed by atoms with E-state index in [-0.39, 0.29) is 0 Å². The molecular formula is C18H16N2O2S. The van der Waals surface area contributed by atoms with Crippen molar-refractivity contribution in [2.24, 2.45) is 7.05 Å². The summed E-state index contributed by atoms with van der Waals surface area (Å²) in [5.74, 6) is 0.806. The standard InChI is InChI=1S/C18H16N2O2S/c1-20-18(23-15-10-8-14(22-2)9-11-15)16(12-21)17(19-20)13-6-4-3-5-7-13/h3-12H,1-2H3. The molecule has 4 nitrogen and oxygen atoms in total. The Morgan fingerprint density at radius 3 is 2.39 bits per heavy atom. The average molecular weight is 324 g/mol. The van der Waals surface area contributed by atoms with Crippen LogP contribution in [-0.4, -0.2) is 23.2 Å². The summed E-state index contributed by atoms with van der Waals surface area (Å²) < 4.78 is 6.92. The van der Waals surface area contributed by atoms with Gasteiger partial charge >= 0.3 is 0 Å². The lowest BCUT2D eigenvalue weighted by Crippen LogP contribution is -1.93. The lowest BCUT2D eigenvalue weighted by atomic mass is 10.1. The number of aromatic nitrogens is 2. The van der Waals surface area contributed by atoms with E-state index < -0.39 is 0 Å². The predicted molar refractivity (Wildman–Crippen MR) is 91.1 cm³/mol. The zero-order chi connectivity index (χ0) is 16.2. The predicted octanol–water partition coefficient (Wildman–Crippen LogP) is 4.06. The minimum absolute atomic E-state index is 0.611. The number of carbonyl (C=O) groups is 1. The minimum atomic E-state index is 0.611. The number of rotatable bonds is 5. The molecule has 3 aromatic rings. The Labute approximate surface area is 139 Å². The Bertz CT molecular complexity index is 811. The van der Waals surface area contributed by atoms with Crippen LogP contribution < -0.4 is 4.74 Å². The van der Waals surface area contributed by atoms with Gasteiger partial charge in [-0.25, -0.2) is 0 Å². The topological polar surface area (TPSA) is 44.1 Å². The van der Waals surface area contributed by atoms with Gasteiger partial charge in [-0.05, 0) is 24.3 Å². The first kappa shape index (κ1) is 15.4. The molecule has 0 aliphatic carbocycles. The monoisotopic (exact) mass is 324 g/mol. The summed E-state index contributed by atoms with van der Waals surface area (Å²) in [6.07, 6.45) is 0.876. The Hall–Kier alpha value is -2.53. The Morgan fingerprint density at radius 1 is 1.09 bits per heavy atom. The first-order chi connectivity index (χ1) is 11.2. The molecule has 0 aliphatic rings. The number of methoxy groups -OCH3 is 1. The molecule has 1 heterocycles. The molecule has 0 spiro atoms. The van der Waals surface area contributed by atoms with E-state index in [2.05, 4.69) is 5.10 Å². The summed E-state index contributed by atoms with van der Waals surface area (Å²) in [6.45, 7) is 0. The van der Waals surface area contributed by atoms with E-state index in [1.807, 2.05) is 61.6 Å². The SMILES string of the molecule is COc1ccc(Sc2c(C=O)c(-c3ccccc3)nn2C)cc1. The van der Waals surface area contributed by atoms with Crippen molar-refractivity contribution < 1.29 is 9.53 Å². The molecule has 3 rings (SSSR count). The maximum atomic E-state index is 11.6. The summed E-state index contributed by atoms with van der Waals surface area (Å²) in [4.78, 5) is 12.7. The van der Waals surface area contributed by atoms with Gasteiger partial charge in [0, 0.05) is 17.5 Å². The molecule has 0 radical (unpaired) electrons. The molecule has 0 bridgehead atoms. The van der Waals surface area contributed by atoms with Crippen molar-refractivity contribution in [3.05, 3.63) is 60.2 Å². The maximum Gasteiger partial charge on any atom is 0.155 e. The number of hydrogen-bond acceptors (Lipinski definition) is 4.